The maximum Gasteiger partial charge on any atom is 0.501 e. The minimum absolute atomic E-state index is 0.0365. The standard InChI is InChI=1S/C20H34F2O3Si/c1-15(2)23-26(24-16(3)4,25-17(5)6)11-9-7-8-10-18-12-19(21)14-20(22)13-18/h12-17H,7-11H2,1-6H3. The van der Waals surface area contributed by atoms with E-state index in [0.29, 0.717) is 12.0 Å². The van der Waals surface area contributed by atoms with Gasteiger partial charge in [0.1, 0.15) is 11.6 Å². The normalized spacial score (nSPS) is 12.6. The Labute approximate surface area is 158 Å². The molecule has 0 unspecified atom stereocenters. The zero-order valence-electron chi connectivity index (χ0n) is 17.0. The maximum atomic E-state index is 13.2. The average Bonchev–Trinajstić information content (AvgIpc) is 2.43. The molecule has 0 aliphatic heterocycles. The molecule has 0 saturated heterocycles. The predicted molar refractivity (Wildman–Crippen MR) is 103 cm³/mol. The third kappa shape index (κ3) is 9.21. The van der Waals surface area contributed by atoms with Crippen molar-refractivity contribution in [3.05, 3.63) is 35.4 Å². The molecule has 1 rings (SSSR count). The monoisotopic (exact) mass is 388 g/mol. The van der Waals surface area contributed by atoms with Gasteiger partial charge in [-0.2, -0.15) is 0 Å². The number of aryl methyl sites for hydroxylation is 1. The molecule has 0 aromatic heterocycles. The molecule has 0 aliphatic carbocycles. The van der Waals surface area contributed by atoms with Crippen molar-refractivity contribution >= 4 is 8.80 Å². The quantitative estimate of drug-likeness (QED) is 0.330. The number of hydrogen-bond donors (Lipinski definition) is 0. The number of hydrogen-bond acceptors (Lipinski definition) is 3. The lowest BCUT2D eigenvalue weighted by molar-refractivity contribution is 0.00279. The van der Waals surface area contributed by atoms with E-state index in [4.69, 9.17) is 13.3 Å². The summed E-state index contributed by atoms with van der Waals surface area (Å²) in [5.41, 5.74) is 0.696. The molecule has 1 aromatic rings. The van der Waals surface area contributed by atoms with E-state index < -0.39 is 20.4 Å². The van der Waals surface area contributed by atoms with Gasteiger partial charge in [0.15, 0.2) is 0 Å². The van der Waals surface area contributed by atoms with E-state index >= 15 is 0 Å². The third-order valence-corrected chi connectivity index (χ3v) is 7.07. The van der Waals surface area contributed by atoms with Crippen LogP contribution in [0.15, 0.2) is 18.2 Å². The van der Waals surface area contributed by atoms with Gasteiger partial charge in [-0.1, -0.05) is 6.42 Å². The van der Waals surface area contributed by atoms with Gasteiger partial charge in [-0.25, -0.2) is 8.78 Å². The lowest BCUT2D eigenvalue weighted by atomic mass is 10.1. The molecule has 0 spiro atoms. The maximum absolute atomic E-state index is 13.2. The first-order valence-corrected chi connectivity index (χ1v) is 11.5. The molecule has 0 heterocycles. The van der Waals surface area contributed by atoms with E-state index in [2.05, 4.69) is 0 Å². The molecule has 0 bridgehead atoms. The average molecular weight is 389 g/mol. The van der Waals surface area contributed by atoms with Crippen LogP contribution in [0.3, 0.4) is 0 Å². The van der Waals surface area contributed by atoms with Gasteiger partial charge in [0, 0.05) is 30.4 Å². The van der Waals surface area contributed by atoms with Gasteiger partial charge in [0.2, 0.25) is 0 Å². The summed E-state index contributed by atoms with van der Waals surface area (Å²) >= 11 is 0. The van der Waals surface area contributed by atoms with Crippen LogP contribution in [0.25, 0.3) is 0 Å². The Hall–Kier alpha value is -0.823. The van der Waals surface area contributed by atoms with Crippen molar-refractivity contribution in [1.29, 1.82) is 0 Å². The smallest absolute Gasteiger partial charge is 0.371 e. The SMILES string of the molecule is CC(C)O[Si](CCCCCc1cc(F)cc(F)c1)(OC(C)C)OC(C)C. The Morgan fingerprint density at radius 1 is 0.731 bits per heavy atom. The van der Waals surface area contributed by atoms with Crippen LogP contribution in [-0.4, -0.2) is 27.1 Å². The van der Waals surface area contributed by atoms with Crippen LogP contribution in [0.5, 0.6) is 0 Å². The summed E-state index contributed by atoms with van der Waals surface area (Å²) in [7, 11) is -2.75. The van der Waals surface area contributed by atoms with Crippen molar-refractivity contribution in [1.82, 2.24) is 0 Å². The fraction of sp³-hybridized carbons (Fsp3) is 0.700. The van der Waals surface area contributed by atoms with Gasteiger partial charge < -0.3 is 13.3 Å². The molecule has 0 atom stereocenters. The first-order chi connectivity index (χ1) is 12.1. The van der Waals surface area contributed by atoms with Gasteiger partial charge >= 0.3 is 8.80 Å². The molecule has 6 heteroatoms. The van der Waals surface area contributed by atoms with Crippen LogP contribution in [0.4, 0.5) is 8.78 Å². The van der Waals surface area contributed by atoms with Crippen LogP contribution in [-0.2, 0) is 19.7 Å². The lowest BCUT2D eigenvalue weighted by Gasteiger charge is -2.34. The zero-order chi connectivity index (χ0) is 19.7. The van der Waals surface area contributed by atoms with Crippen molar-refractivity contribution in [3.8, 4) is 0 Å². The molecule has 0 saturated carbocycles. The Bertz CT molecular complexity index is 489. The van der Waals surface area contributed by atoms with Crippen LogP contribution in [0, 0.1) is 11.6 Å². The van der Waals surface area contributed by atoms with Gasteiger partial charge in [-0.3, -0.25) is 0 Å². The number of unbranched alkanes of at least 4 members (excludes halogenated alkanes) is 2. The van der Waals surface area contributed by atoms with Crippen molar-refractivity contribution < 1.29 is 22.1 Å². The van der Waals surface area contributed by atoms with Crippen LogP contribution in [0.2, 0.25) is 6.04 Å². The summed E-state index contributed by atoms with van der Waals surface area (Å²) in [5, 5.41) is 0. The van der Waals surface area contributed by atoms with Crippen LogP contribution >= 0.6 is 0 Å². The number of rotatable bonds is 12. The second kappa shape index (κ2) is 11.1. The molecular formula is C20H34F2O3Si. The molecule has 0 radical (unpaired) electrons. The summed E-state index contributed by atoms with van der Waals surface area (Å²) in [6.07, 6.45) is 3.45. The first-order valence-electron chi connectivity index (χ1n) is 9.60. The highest BCUT2D eigenvalue weighted by Crippen LogP contribution is 2.25. The predicted octanol–water partition coefficient (Wildman–Crippen LogP) is 5.89. The summed E-state index contributed by atoms with van der Waals surface area (Å²) in [4.78, 5) is 0. The summed E-state index contributed by atoms with van der Waals surface area (Å²) < 4.78 is 44.9. The Morgan fingerprint density at radius 2 is 1.19 bits per heavy atom. The molecular weight excluding hydrogens is 354 g/mol. The second-order valence-electron chi connectivity index (χ2n) is 7.52. The van der Waals surface area contributed by atoms with Crippen molar-refractivity contribution in [3.63, 3.8) is 0 Å². The van der Waals surface area contributed by atoms with Crippen molar-refractivity contribution in [2.24, 2.45) is 0 Å². The van der Waals surface area contributed by atoms with Gasteiger partial charge in [-0.05, 0) is 78.5 Å². The van der Waals surface area contributed by atoms with Crippen molar-refractivity contribution in [2.75, 3.05) is 0 Å². The van der Waals surface area contributed by atoms with E-state index in [0.717, 1.165) is 31.4 Å². The fourth-order valence-corrected chi connectivity index (χ4v) is 6.30. The minimum atomic E-state index is -2.75. The summed E-state index contributed by atoms with van der Waals surface area (Å²) in [6.45, 7) is 12.0. The highest BCUT2D eigenvalue weighted by molar-refractivity contribution is 6.60. The van der Waals surface area contributed by atoms with E-state index in [1.807, 2.05) is 41.5 Å². The Kier molecular flexibility index (Phi) is 9.93. The Morgan fingerprint density at radius 3 is 1.62 bits per heavy atom. The second-order valence-corrected chi connectivity index (χ2v) is 10.1. The largest absolute Gasteiger partial charge is 0.501 e. The molecule has 0 amide bonds. The van der Waals surface area contributed by atoms with Gasteiger partial charge in [-0.15, -0.1) is 0 Å². The zero-order valence-corrected chi connectivity index (χ0v) is 18.0. The summed E-state index contributed by atoms with van der Waals surface area (Å²) in [5.74, 6) is -1.04. The van der Waals surface area contributed by atoms with E-state index in [1.165, 1.54) is 12.1 Å². The third-order valence-electron chi connectivity index (χ3n) is 3.62. The molecule has 26 heavy (non-hydrogen) atoms. The van der Waals surface area contributed by atoms with Crippen LogP contribution in [0.1, 0.15) is 66.4 Å². The minimum Gasteiger partial charge on any atom is -0.371 e. The van der Waals surface area contributed by atoms with E-state index in [9.17, 15) is 8.78 Å². The highest BCUT2D eigenvalue weighted by Gasteiger charge is 2.43. The van der Waals surface area contributed by atoms with Gasteiger partial charge in [0.05, 0.1) is 0 Å². The summed E-state index contributed by atoms with van der Waals surface area (Å²) in [6, 6.07) is 4.44. The molecule has 0 fully saturated rings. The lowest BCUT2D eigenvalue weighted by Crippen LogP contribution is -2.50. The van der Waals surface area contributed by atoms with E-state index in [-0.39, 0.29) is 18.3 Å². The molecule has 150 valence electrons. The van der Waals surface area contributed by atoms with E-state index in [1.54, 1.807) is 0 Å². The molecule has 0 N–H and O–H groups in total. The highest BCUT2D eigenvalue weighted by atomic mass is 28.4. The molecule has 3 nitrogen and oxygen atoms in total. The van der Waals surface area contributed by atoms with Gasteiger partial charge in [0.25, 0.3) is 0 Å². The fourth-order valence-electron chi connectivity index (χ4n) is 2.94. The number of halogens is 2. The topological polar surface area (TPSA) is 27.7 Å². The molecule has 0 aliphatic rings. The number of benzene rings is 1. The van der Waals surface area contributed by atoms with Crippen LogP contribution < -0.4 is 0 Å². The Balaban J connectivity index is 2.58. The first kappa shape index (κ1) is 23.2. The molecule has 1 aromatic carbocycles. The van der Waals surface area contributed by atoms with Crippen molar-refractivity contribution in [2.45, 2.75) is 91.6 Å².